The molecule has 1 aliphatic heterocycles. The van der Waals surface area contributed by atoms with Gasteiger partial charge in [-0.25, -0.2) is 4.39 Å². The zero-order valence-electron chi connectivity index (χ0n) is 20.7. The molecule has 0 atom stereocenters. The van der Waals surface area contributed by atoms with Gasteiger partial charge in [0.25, 0.3) is 11.8 Å². The lowest BCUT2D eigenvalue weighted by atomic mass is 10.0. The van der Waals surface area contributed by atoms with Gasteiger partial charge in [0.1, 0.15) is 11.5 Å². The minimum absolute atomic E-state index is 0.0631. The molecule has 9 nitrogen and oxygen atoms in total. The number of nitrogens with zero attached hydrogens (tertiary/aromatic N) is 3. The van der Waals surface area contributed by atoms with Crippen molar-refractivity contribution in [3.63, 3.8) is 0 Å². The first-order valence-electron chi connectivity index (χ1n) is 12.2. The van der Waals surface area contributed by atoms with Gasteiger partial charge in [-0.05, 0) is 54.4 Å². The Morgan fingerprint density at radius 3 is 2.68 bits per heavy atom. The Balaban J connectivity index is 1.29. The molecule has 5 rings (SSSR count). The van der Waals surface area contributed by atoms with Crippen LogP contribution in [0.3, 0.4) is 0 Å². The van der Waals surface area contributed by atoms with Crippen LogP contribution in [0.2, 0.25) is 0 Å². The minimum Gasteiger partial charge on any atom is -0.378 e. The van der Waals surface area contributed by atoms with E-state index in [1.54, 1.807) is 42.7 Å². The first-order valence-corrected chi connectivity index (χ1v) is 12.2. The summed E-state index contributed by atoms with van der Waals surface area (Å²) in [6.45, 7) is 4.57. The van der Waals surface area contributed by atoms with Gasteiger partial charge in [0, 0.05) is 60.6 Å². The monoisotopic (exact) mass is 515 g/mol. The van der Waals surface area contributed by atoms with Gasteiger partial charge in [-0.1, -0.05) is 17.3 Å². The van der Waals surface area contributed by atoms with Crippen molar-refractivity contribution >= 4 is 23.2 Å². The molecule has 0 unspecified atom stereocenters. The van der Waals surface area contributed by atoms with Crippen molar-refractivity contribution in [2.45, 2.75) is 13.5 Å². The quantitative estimate of drug-likeness (QED) is 0.380. The summed E-state index contributed by atoms with van der Waals surface area (Å²) in [7, 11) is 0. The Labute approximate surface area is 218 Å². The van der Waals surface area contributed by atoms with Crippen LogP contribution in [-0.2, 0) is 11.3 Å². The number of rotatable bonds is 7. The molecule has 38 heavy (non-hydrogen) atoms. The third-order valence-electron chi connectivity index (χ3n) is 6.20. The lowest BCUT2D eigenvalue weighted by molar-refractivity contribution is 0.0913. The SMILES string of the molecule is Cc1ccc(NC(=O)c2cc(F)cc(N3CCOCC3)c2)cc1-c1cc(C(=O)NCc2cccnc2)on1. The number of hydrogen-bond acceptors (Lipinski definition) is 7. The van der Waals surface area contributed by atoms with Crippen LogP contribution in [0, 0.1) is 12.7 Å². The summed E-state index contributed by atoms with van der Waals surface area (Å²) in [6, 6.07) is 14.8. The highest BCUT2D eigenvalue weighted by Crippen LogP contribution is 2.27. The number of halogens is 1. The molecule has 4 aromatic rings. The summed E-state index contributed by atoms with van der Waals surface area (Å²) in [5.41, 5.74) is 4.21. The normalized spacial score (nSPS) is 13.3. The molecular formula is C28H26FN5O4. The van der Waals surface area contributed by atoms with Gasteiger partial charge < -0.3 is 24.8 Å². The number of benzene rings is 2. The number of aromatic nitrogens is 2. The maximum atomic E-state index is 14.3. The van der Waals surface area contributed by atoms with Crippen molar-refractivity contribution in [3.8, 4) is 11.3 Å². The average molecular weight is 516 g/mol. The molecule has 2 amide bonds. The van der Waals surface area contributed by atoms with Gasteiger partial charge in [0.05, 0.1) is 13.2 Å². The number of anilines is 2. The predicted octanol–water partition coefficient (Wildman–Crippen LogP) is 4.20. The zero-order valence-corrected chi connectivity index (χ0v) is 20.7. The van der Waals surface area contributed by atoms with E-state index in [0.717, 1.165) is 11.1 Å². The van der Waals surface area contributed by atoms with Crippen LogP contribution in [0.25, 0.3) is 11.3 Å². The Morgan fingerprint density at radius 1 is 1.05 bits per heavy atom. The number of ether oxygens (including phenoxy) is 1. The number of amides is 2. The second kappa shape index (κ2) is 11.2. The molecule has 0 saturated carbocycles. The van der Waals surface area contributed by atoms with Crippen LogP contribution in [-0.4, -0.2) is 48.3 Å². The van der Waals surface area contributed by atoms with E-state index in [-0.39, 0.29) is 11.3 Å². The largest absolute Gasteiger partial charge is 0.378 e. The van der Waals surface area contributed by atoms with Crippen molar-refractivity contribution in [3.05, 3.63) is 95.3 Å². The first-order chi connectivity index (χ1) is 18.5. The Bertz CT molecular complexity index is 1450. The summed E-state index contributed by atoms with van der Waals surface area (Å²) >= 11 is 0. The van der Waals surface area contributed by atoms with E-state index in [1.165, 1.54) is 12.1 Å². The van der Waals surface area contributed by atoms with Crippen molar-refractivity contribution in [1.29, 1.82) is 0 Å². The van der Waals surface area contributed by atoms with E-state index in [2.05, 4.69) is 20.8 Å². The highest BCUT2D eigenvalue weighted by Gasteiger charge is 2.18. The van der Waals surface area contributed by atoms with E-state index in [4.69, 9.17) is 9.26 Å². The molecule has 0 spiro atoms. The number of nitrogens with one attached hydrogen (secondary N) is 2. The van der Waals surface area contributed by atoms with Crippen LogP contribution in [0.15, 0.2) is 71.5 Å². The van der Waals surface area contributed by atoms with Crippen LogP contribution in [0.5, 0.6) is 0 Å². The van der Waals surface area contributed by atoms with Gasteiger partial charge in [0.15, 0.2) is 0 Å². The van der Waals surface area contributed by atoms with Crippen LogP contribution in [0.1, 0.15) is 32.0 Å². The van der Waals surface area contributed by atoms with E-state index in [1.807, 2.05) is 24.0 Å². The Kier molecular flexibility index (Phi) is 7.41. The molecular weight excluding hydrogens is 489 g/mol. The molecule has 2 aromatic carbocycles. The summed E-state index contributed by atoms with van der Waals surface area (Å²) in [5.74, 6) is -1.27. The number of carbonyl (C=O) groups excluding carboxylic acids is 2. The predicted molar refractivity (Wildman–Crippen MR) is 139 cm³/mol. The van der Waals surface area contributed by atoms with E-state index < -0.39 is 17.6 Å². The summed E-state index contributed by atoms with van der Waals surface area (Å²) in [6.07, 6.45) is 3.33. The average Bonchev–Trinajstić information content (AvgIpc) is 3.44. The third-order valence-corrected chi connectivity index (χ3v) is 6.20. The molecule has 1 fully saturated rings. The fraction of sp³-hybridized carbons (Fsp3) is 0.214. The van der Waals surface area contributed by atoms with Gasteiger partial charge in [-0.3, -0.25) is 14.6 Å². The fourth-order valence-corrected chi connectivity index (χ4v) is 4.17. The number of aryl methyl sites for hydroxylation is 1. The Morgan fingerprint density at radius 2 is 1.89 bits per heavy atom. The molecule has 2 N–H and O–H groups in total. The lowest BCUT2D eigenvalue weighted by Crippen LogP contribution is -2.36. The van der Waals surface area contributed by atoms with Crippen LogP contribution in [0.4, 0.5) is 15.8 Å². The Hall–Kier alpha value is -4.57. The van der Waals surface area contributed by atoms with E-state index >= 15 is 0 Å². The van der Waals surface area contributed by atoms with E-state index in [9.17, 15) is 14.0 Å². The van der Waals surface area contributed by atoms with Crippen molar-refractivity contribution in [2.24, 2.45) is 0 Å². The molecule has 10 heteroatoms. The standard InChI is InChI=1S/C28H26FN5O4/c1-18-4-5-22(32-27(35)20-11-21(29)13-23(12-20)34-7-9-37-10-8-34)14-24(18)25-15-26(38-33-25)28(36)31-17-19-3-2-6-30-16-19/h2-6,11-16H,7-10,17H2,1H3,(H,31,36)(H,32,35). The minimum atomic E-state index is -0.485. The molecule has 3 heterocycles. The van der Waals surface area contributed by atoms with Gasteiger partial charge in [-0.15, -0.1) is 0 Å². The van der Waals surface area contributed by atoms with Crippen LogP contribution >= 0.6 is 0 Å². The molecule has 2 aromatic heterocycles. The van der Waals surface area contributed by atoms with Gasteiger partial charge in [0.2, 0.25) is 5.76 Å². The van der Waals surface area contributed by atoms with Crippen molar-refractivity contribution in [2.75, 3.05) is 36.5 Å². The molecule has 1 aliphatic rings. The first kappa shape index (κ1) is 25.1. The second-order valence-electron chi connectivity index (χ2n) is 8.90. The lowest BCUT2D eigenvalue weighted by Gasteiger charge is -2.29. The number of hydrogen-bond donors (Lipinski definition) is 2. The van der Waals surface area contributed by atoms with Crippen LogP contribution < -0.4 is 15.5 Å². The highest BCUT2D eigenvalue weighted by molar-refractivity contribution is 6.05. The van der Waals surface area contributed by atoms with Gasteiger partial charge in [-0.2, -0.15) is 0 Å². The fourth-order valence-electron chi connectivity index (χ4n) is 4.17. The molecule has 0 aliphatic carbocycles. The maximum Gasteiger partial charge on any atom is 0.290 e. The summed E-state index contributed by atoms with van der Waals surface area (Å²) < 4.78 is 25.0. The molecule has 0 radical (unpaired) electrons. The topological polar surface area (TPSA) is 110 Å². The summed E-state index contributed by atoms with van der Waals surface area (Å²) in [4.78, 5) is 31.5. The molecule has 1 saturated heterocycles. The van der Waals surface area contributed by atoms with Gasteiger partial charge >= 0.3 is 0 Å². The second-order valence-corrected chi connectivity index (χ2v) is 8.90. The number of carbonyl (C=O) groups is 2. The molecule has 0 bridgehead atoms. The number of pyridine rings is 1. The third kappa shape index (κ3) is 5.87. The number of morpholine rings is 1. The van der Waals surface area contributed by atoms with E-state index in [0.29, 0.717) is 55.5 Å². The van der Waals surface area contributed by atoms with Crippen molar-refractivity contribution < 1.29 is 23.2 Å². The zero-order chi connectivity index (χ0) is 26.5. The highest BCUT2D eigenvalue weighted by atomic mass is 19.1. The smallest absolute Gasteiger partial charge is 0.290 e. The summed E-state index contributed by atoms with van der Waals surface area (Å²) in [5, 5.41) is 9.65. The maximum absolute atomic E-state index is 14.3. The molecule has 194 valence electrons. The van der Waals surface area contributed by atoms with Crippen molar-refractivity contribution in [1.82, 2.24) is 15.5 Å².